The number of hydrogen-bond donors (Lipinski definition) is 1. The van der Waals surface area contributed by atoms with Gasteiger partial charge in [0.25, 0.3) is 0 Å². The van der Waals surface area contributed by atoms with Gasteiger partial charge in [0.1, 0.15) is 5.82 Å². The van der Waals surface area contributed by atoms with Gasteiger partial charge in [-0.25, -0.2) is 4.39 Å². The first-order valence-electron chi connectivity index (χ1n) is 7.78. The zero-order valence-corrected chi connectivity index (χ0v) is 12.9. The third kappa shape index (κ3) is 4.48. The van der Waals surface area contributed by atoms with Crippen LogP contribution in [0.15, 0.2) is 24.3 Å². The lowest BCUT2D eigenvalue weighted by Gasteiger charge is -2.38. The highest BCUT2D eigenvalue weighted by Crippen LogP contribution is 2.23. The Hall–Kier alpha value is -1.09. The first kappa shape index (κ1) is 15.3. The minimum Gasteiger partial charge on any atom is -0.370 e. The molecule has 0 saturated carbocycles. The van der Waals surface area contributed by atoms with E-state index >= 15 is 0 Å². The summed E-state index contributed by atoms with van der Waals surface area (Å²) >= 11 is 0. The molecule has 0 aliphatic carbocycles. The lowest BCUT2D eigenvalue weighted by atomic mass is 9.95. The Morgan fingerprint density at radius 2 is 2.15 bits per heavy atom. The molecule has 112 valence electrons. The maximum absolute atomic E-state index is 13.4. The number of rotatable bonds is 5. The molecule has 2 atom stereocenters. The highest BCUT2D eigenvalue weighted by molar-refractivity contribution is 5.47. The van der Waals surface area contributed by atoms with Crippen molar-refractivity contribution in [2.24, 2.45) is 11.8 Å². The fraction of sp³-hybridized carbons (Fsp3) is 0.647. The van der Waals surface area contributed by atoms with Crippen LogP contribution in [0.5, 0.6) is 0 Å². The monoisotopic (exact) mass is 278 g/mol. The van der Waals surface area contributed by atoms with Crippen molar-refractivity contribution in [2.45, 2.75) is 39.7 Å². The van der Waals surface area contributed by atoms with E-state index < -0.39 is 0 Å². The second-order valence-electron chi connectivity index (χ2n) is 6.56. The molecule has 20 heavy (non-hydrogen) atoms. The van der Waals surface area contributed by atoms with Gasteiger partial charge in [-0.3, -0.25) is 0 Å². The topological polar surface area (TPSA) is 15.3 Å². The summed E-state index contributed by atoms with van der Waals surface area (Å²) < 4.78 is 13.4. The number of nitrogens with zero attached hydrogens (tertiary/aromatic N) is 1. The molecule has 1 fully saturated rings. The van der Waals surface area contributed by atoms with Gasteiger partial charge in [0.05, 0.1) is 0 Å². The third-order valence-corrected chi connectivity index (χ3v) is 3.99. The van der Waals surface area contributed by atoms with Crippen LogP contribution in [0, 0.1) is 17.7 Å². The predicted octanol–water partition coefficient (Wildman–Crippen LogP) is 3.68. The van der Waals surface area contributed by atoms with Crippen molar-refractivity contribution >= 4 is 5.69 Å². The highest BCUT2D eigenvalue weighted by atomic mass is 19.1. The largest absolute Gasteiger partial charge is 0.370 e. The number of halogens is 1. The lowest BCUT2D eigenvalue weighted by molar-refractivity contribution is 0.344. The van der Waals surface area contributed by atoms with Crippen LogP contribution < -0.4 is 10.2 Å². The summed E-state index contributed by atoms with van der Waals surface area (Å²) in [6.07, 6.45) is 2.43. The fourth-order valence-corrected chi connectivity index (χ4v) is 2.96. The molecule has 0 spiro atoms. The molecule has 2 unspecified atom stereocenters. The van der Waals surface area contributed by atoms with Gasteiger partial charge in [-0.1, -0.05) is 26.8 Å². The van der Waals surface area contributed by atoms with E-state index in [1.165, 1.54) is 18.9 Å². The van der Waals surface area contributed by atoms with Gasteiger partial charge >= 0.3 is 0 Å². The second kappa shape index (κ2) is 7.07. The maximum atomic E-state index is 13.4. The van der Waals surface area contributed by atoms with Crippen molar-refractivity contribution < 1.29 is 4.39 Å². The highest BCUT2D eigenvalue weighted by Gasteiger charge is 2.24. The smallest absolute Gasteiger partial charge is 0.125 e. The average Bonchev–Trinajstić information content (AvgIpc) is 2.37. The van der Waals surface area contributed by atoms with Gasteiger partial charge in [0, 0.05) is 24.8 Å². The van der Waals surface area contributed by atoms with Crippen LogP contribution in [0.2, 0.25) is 0 Å². The van der Waals surface area contributed by atoms with E-state index in [2.05, 4.69) is 31.0 Å². The Bertz CT molecular complexity index is 419. The Balaban J connectivity index is 1.94. The molecule has 1 N–H and O–H groups in total. The molecule has 1 aromatic rings. The van der Waals surface area contributed by atoms with Crippen molar-refractivity contribution in [3.8, 4) is 0 Å². The van der Waals surface area contributed by atoms with Crippen LogP contribution >= 0.6 is 0 Å². The Morgan fingerprint density at radius 3 is 2.85 bits per heavy atom. The van der Waals surface area contributed by atoms with Crippen LogP contribution in [0.4, 0.5) is 10.1 Å². The molecule has 1 heterocycles. The quantitative estimate of drug-likeness (QED) is 0.884. The zero-order valence-electron chi connectivity index (χ0n) is 12.9. The van der Waals surface area contributed by atoms with E-state index in [-0.39, 0.29) is 5.82 Å². The van der Waals surface area contributed by atoms with Gasteiger partial charge in [-0.05, 0) is 49.4 Å². The first-order valence-corrected chi connectivity index (χ1v) is 7.78. The Labute approximate surface area is 122 Å². The van der Waals surface area contributed by atoms with E-state index in [1.807, 2.05) is 6.07 Å². The van der Waals surface area contributed by atoms with Crippen LogP contribution in [0.3, 0.4) is 0 Å². The number of nitrogens with one attached hydrogen (secondary N) is 1. The molecule has 0 bridgehead atoms. The Morgan fingerprint density at radius 1 is 1.35 bits per heavy atom. The van der Waals surface area contributed by atoms with Crippen LogP contribution in [0.25, 0.3) is 0 Å². The molecule has 1 aliphatic rings. The maximum Gasteiger partial charge on any atom is 0.125 e. The molecule has 3 heteroatoms. The molecular weight excluding hydrogens is 251 g/mol. The van der Waals surface area contributed by atoms with Gasteiger partial charge in [-0.15, -0.1) is 0 Å². The van der Waals surface area contributed by atoms with Crippen LogP contribution in [0.1, 0.15) is 33.6 Å². The van der Waals surface area contributed by atoms with Crippen molar-refractivity contribution in [3.05, 3.63) is 30.1 Å². The first-order chi connectivity index (χ1) is 9.54. The zero-order chi connectivity index (χ0) is 14.5. The van der Waals surface area contributed by atoms with Crippen molar-refractivity contribution in [1.82, 2.24) is 5.32 Å². The summed E-state index contributed by atoms with van der Waals surface area (Å²) in [6.45, 7) is 9.86. The standard InChI is InChI=1S/C17H27FN2/c1-13(2)7-8-19-16-9-14(3)11-20(12-16)17-6-4-5-15(18)10-17/h4-6,10,13-14,16,19H,7-9,11-12H2,1-3H3. The summed E-state index contributed by atoms with van der Waals surface area (Å²) in [5.41, 5.74) is 1.01. The molecule has 1 aromatic carbocycles. The van der Waals surface area contributed by atoms with Gasteiger partial charge < -0.3 is 10.2 Å². The van der Waals surface area contributed by atoms with Crippen LogP contribution in [-0.4, -0.2) is 25.7 Å². The second-order valence-corrected chi connectivity index (χ2v) is 6.56. The van der Waals surface area contributed by atoms with Crippen molar-refractivity contribution in [2.75, 3.05) is 24.5 Å². The van der Waals surface area contributed by atoms with E-state index in [9.17, 15) is 4.39 Å². The van der Waals surface area contributed by atoms with Crippen molar-refractivity contribution in [3.63, 3.8) is 0 Å². The number of anilines is 1. The lowest BCUT2D eigenvalue weighted by Crippen LogP contribution is -2.49. The van der Waals surface area contributed by atoms with E-state index in [1.54, 1.807) is 12.1 Å². The summed E-state index contributed by atoms with van der Waals surface area (Å²) in [7, 11) is 0. The van der Waals surface area contributed by atoms with Gasteiger partial charge in [0.2, 0.25) is 0 Å². The molecular formula is C17H27FN2. The Kier molecular flexibility index (Phi) is 5.41. The summed E-state index contributed by atoms with van der Waals surface area (Å²) in [4.78, 5) is 2.31. The normalized spacial score (nSPS) is 23.4. The SMILES string of the molecule is CC(C)CCNC1CC(C)CN(c2cccc(F)c2)C1. The van der Waals surface area contributed by atoms with E-state index in [0.717, 1.165) is 31.2 Å². The fourth-order valence-electron chi connectivity index (χ4n) is 2.96. The summed E-state index contributed by atoms with van der Waals surface area (Å²) in [5, 5.41) is 3.66. The minimum absolute atomic E-state index is 0.148. The van der Waals surface area contributed by atoms with Gasteiger partial charge in [-0.2, -0.15) is 0 Å². The molecule has 0 amide bonds. The molecule has 1 saturated heterocycles. The third-order valence-electron chi connectivity index (χ3n) is 3.99. The number of hydrogen-bond acceptors (Lipinski definition) is 2. The number of piperidine rings is 1. The summed E-state index contributed by atoms with van der Waals surface area (Å²) in [6, 6.07) is 7.47. The van der Waals surface area contributed by atoms with Crippen LogP contribution in [-0.2, 0) is 0 Å². The molecule has 2 rings (SSSR count). The number of benzene rings is 1. The van der Waals surface area contributed by atoms with Crippen molar-refractivity contribution in [1.29, 1.82) is 0 Å². The molecule has 2 nitrogen and oxygen atoms in total. The van der Waals surface area contributed by atoms with Gasteiger partial charge in [0.15, 0.2) is 0 Å². The van der Waals surface area contributed by atoms with E-state index in [0.29, 0.717) is 12.0 Å². The predicted molar refractivity (Wildman–Crippen MR) is 83.6 cm³/mol. The molecule has 0 aromatic heterocycles. The van der Waals surface area contributed by atoms with E-state index in [4.69, 9.17) is 0 Å². The molecule has 1 aliphatic heterocycles. The summed E-state index contributed by atoms with van der Waals surface area (Å²) in [5.74, 6) is 1.23. The molecule has 0 radical (unpaired) electrons. The minimum atomic E-state index is -0.148. The average molecular weight is 278 g/mol.